The van der Waals surface area contributed by atoms with Gasteiger partial charge in [-0.3, -0.25) is 0 Å². The highest BCUT2D eigenvalue weighted by atomic mass is 16.5. The molecule has 1 aliphatic heterocycles. The number of aryl methyl sites for hydroxylation is 1. The maximum Gasteiger partial charge on any atom is 0.0945 e. The molecule has 0 saturated carbocycles. The van der Waals surface area contributed by atoms with Gasteiger partial charge in [-0.15, -0.1) is 0 Å². The maximum absolute atomic E-state index is 5.08. The number of rotatable bonds is 6. The third-order valence-electron chi connectivity index (χ3n) is 2.47. The first kappa shape index (κ1) is 9.68. The van der Waals surface area contributed by atoms with Crippen LogP contribution in [0.3, 0.4) is 0 Å². The number of nitrogens with one attached hydrogen (secondary N) is 1. The highest BCUT2D eigenvalue weighted by Gasteiger charge is 2.16. The Morgan fingerprint density at radius 1 is 1.43 bits per heavy atom. The summed E-state index contributed by atoms with van der Waals surface area (Å²) in [6.07, 6.45) is 8.12. The van der Waals surface area contributed by atoms with Crippen LogP contribution < -0.4 is 5.32 Å². The maximum atomic E-state index is 5.08. The van der Waals surface area contributed by atoms with Crippen LogP contribution in [0.2, 0.25) is 0 Å². The molecule has 1 aromatic heterocycles. The molecule has 0 aromatic carbocycles. The lowest BCUT2D eigenvalue weighted by atomic mass is 10.2. The van der Waals surface area contributed by atoms with Crippen molar-refractivity contribution >= 4 is 0 Å². The van der Waals surface area contributed by atoms with Gasteiger partial charge in [-0.1, -0.05) is 0 Å². The smallest absolute Gasteiger partial charge is 0.0945 e. The second-order valence-electron chi connectivity index (χ2n) is 3.70. The molecule has 4 nitrogen and oxygen atoms in total. The van der Waals surface area contributed by atoms with Crippen molar-refractivity contribution in [2.45, 2.75) is 25.4 Å². The number of unbranched alkanes of at least 4 members (excludes halogenated alkanes) is 1. The molecule has 0 amide bonds. The van der Waals surface area contributed by atoms with Gasteiger partial charge in [0.2, 0.25) is 0 Å². The molecule has 0 atom stereocenters. The summed E-state index contributed by atoms with van der Waals surface area (Å²) in [5, 5.41) is 3.45. The minimum atomic E-state index is 0.614. The quantitative estimate of drug-likeness (QED) is 0.677. The van der Waals surface area contributed by atoms with Crippen molar-refractivity contribution in [1.82, 2.24) is 14.9 Å². The van der Waals surface area contributed by atoms with Crippen LogP contribution in [0.25, 0.3) is 0 Å². The van der Waals surface area contributed by atoms with Gasteiger partial charge in [-0.25, -0.2) is 4.98 Å². The fourth-order valence-corrected chi connectivity index (χ4v) is 1.50. The highest BCUT2D eigenvalue weighted by molar-refractivity contribution is 4.74. The first-order chi connectivity index (χ1) is 6.95. The molecule has 0 radical (unpaired) electrons. The summed E-state index contributed by atoms with van der Waals surface area (Å²) in [4.78, 5) is 4.00. The predicted molar refractivity (Wildman–Crippen MR) is 54.1 cm³/mol. The molecule has 78 valence electrons. The van der Waals surface area contributed by atoms with E-state index in [0.29, 0.717) is 6.04 Å². The van der Waals surface area contributed by atoms with Crippen LogP contribution in [0.15, 0.2) is 18.7 Å². The molecule has 0 bridgehead atoms. The Hall–Kier alpha value is -0.870. The van der Waals surface area contributed by atoms with Gasteiger partial charge in [0.25, 0.3) is 0 Å². The van der Waals surface area contributed by atoms with Crippen molar-refractivity contribution in [3.63, 3.8) is 0 Å². The number of imidazole rings is 1. The van der Waals surface area contributed by atoms with E-state index in [9.17, 15) is 0 Å². The van der Waals surface area contributed by atoms with Crippen LogP contribution in [0, 0.1) is 0 Å². The van der Waals surface area contributed by atoms with Crippen molar-refractivity contribution in [2.75, 3.05) is 19.8 Å². The largest absolute Gasteiger partial charge is 0.378 e. The van der Waals surface area contributed by atoms with Crippen molar-refractivity contribution in [1.29, 1.82) is 0 Å². The molecule has 1 saturated heterocycles. The van der Waals surface area contributed by atoms with Crippen LogP contribution in [-0.4, -0.2) is 35.4 Å². The Morgan fingerprint density at radius 3 is 3.00 bits per heavy atom. The zero-order valence-corrected chi connectivity index (χ0v) is 8.35. The third kappa shape index (κ3) is 2.82. The van der Waals surface area contributed by atoms with Gasteiger partial charge in [-0.05, 0) is 19.4 Å². The third-order valence-corrected chi connectivity index (χ3v) is 2.47. The molecular formula is C10H17N3O. The zero-order chi connectivity index (χ0) is 9.64. The minimum Gasteiger partial charge on any atom is -0.378 e. The van der Waals surface area contributed by atoms with E-state index in [1.807, 2.05) is 18.7 Å². The van der Waals surface area contributed by atoms with Gasteiger partial charge in [0.15, 0.2) is 0 Å². The SMILES string of the molecule is c1cn(CCCCNC2COC2)cn1. The molecule has 4 heteroatoms. The summed E-state index contributed by atoms with van der Waals surface area (Å²) in [5.41, 5.74) is 0. The number of hydrogen-bond donors (Lipinski definition) is 1. The molecule has 0 unspecified atom stereocenters. The Labute approximate surface area is 84.3 Å². The molecule has 14 heavy (non-hydrogen) atoms. The van der Waals surface area contributed by atoms with E-state index >= 15 is 0 Å². The van der Waals surface area contributed by atoms with Crippen LogP contribution in [-0.2, 0) is 11.3 Å². The fraction of sp³-hybridized carbons (Fsp3) is 0.700. The molecular weight excluding hydrogens is 178 g/mol. The number of hydrogen-bond acceptors (Lipinski definition) is 3. The van der Waals surface area contributed by atoms with Gasteiger partial charge >= 0.3 is 0 Å². The molecule has 1 N–H and O–H groups in total. The predicted octanol–water partition coefficient (Wildman–Crippen LogP) is 0.652. The topological polar surface area (TPSA) is 39.1 Å². The summed E-state index contributed by atoms with van der Waals surface area (Å²) >= 11 is 0. The van der Waals surface area contributed by atoms with Crippen LogP contribution >= 0.6 is 0 Å². The van der Waals surface area contributed by atoms with Crippen LogP contribution in [0.1, 0.15) is 12.8 Å². The monoisotopic (exact) mass is 195 g/mol. The van der Waals surface area contributed by atoms with E-state index in [4.69, 9.17) is 4.74 Å². The van der Waals surface area contributed by atoms with Gasteiger partial charge in [0, 0.05) is 18.9 Å². The second kappa shape index (κ2) is 5.12. The van der Waals surface area contributed by atoms with Crippen molar-refractivity contribution in [2.24, 2.45) is 0 Å². The molecule has 1 aliphatic rings. The lowest BCUT2D eigenvalue weighted by Gasteiger charge is -2.26. The second-order valence-corrected chi connectivity index (χ2v) is 3.70. The van der Waals surface area contributed by atoms with E-state index in [0.717, 1.165) is 26.3 Å². The molecule has 1 fully saturated rings. The van der Waals surface area contributed by atoms with Crippen molar-refractivity contribution in [3.05, 3.63) is 18.7 Å². The number of ether oxygens (including phenoxy) is 1. The molecule has 2 heterocycles. The number of aromatic nitrogens is 2. The highest BCUT2D eigenvalue weighted by Crippen LogP contribution is 2.00. The summed E-state index contributed by atoms with van der Waals surface area (Å²) < 4.78 is 7.19. The molecule has 2 rings (SSSR count). The van der Waals surface area contributed by atoms with E-state index in [1.54, 1.807) is 0 Å². The fourth-order valence-electron chi connectivity index (χ4n) is 1.50. The number of nitrogens with zero attached hydrogens (tertiary/aromatic N) is 2. The molecule has 1 aromatic rings. The Kier molecular flexibility index (Phi) is 3.54. The van der Waals surface area contributed by atoms with Crippen molar-refractivity contribution < 1.29 is 4.74 Å². The molecule has 0 aliphatic carbocycles. The summed E-state index contributed by atoms with van der Waals surface area (Å²) in [7, 11) is 0. The Balaban J connectivity index is 1.47. The first-order valence-corrected chi connectivity index (χ1v) is 5.22. The van der Waals surface area contributed by atoms with Gasteiger partial charge in [-0.2, -0.15) is 0 Å². The lowest BCUT2D eigenvalue weighted by molar-refractivity contribution is -0.00498. The summed E-state index contributed by atoms with van der Waals surface area (Å²) in [5.74, 6) is 0. The zero-order valence-electron chi connectivity index (χ0n) is 8.35. The van der Waals surface area contributed by atoms with E-state index in [-0.39, 0.29) is 0 Å². The van der Waals surface area contributed by atoms with Gasteiger partial charge in [0.1, 0.15) is 0 Å². The summed E-state index contributed by atoms with van der Waals surface area (Å²) in [6.45, 7) is 3.95. The average molecular weight is 195 g/mol. The Bertz CT molecular complexity index is 244. The minimum absolute atomic E-state index is 0.614. The van der Waals surface area contributed by atoms with Gasteiger partial charge in [0.05, 0.1) is 25.6 Å². The normalized spacial score (nSPS) is 16.9. The first-order valence-electron chi connectivity index (χ1n) is 5.22. The van der Waals surface area contributed by atoms with Gasteiger partial charge < -0.3 is 14.6 Å². The summed E-state index contributed by atoms with van der Waals surface area (Å²) in [6, 6.07) is 0.614. The van der Waals surface area contributed by atoms with E-state index in [2.05, 4.69) is 14.9 Å². The van der Waals surface area contributed by atoms with E-state index < -0.39 is 0 Å². The Morgan fingerprint density at radius 2 is 2.36 bits per heavy atom. The molecule has 0 spiro atoms. The van der Waals surface area contributed by atoms with Crippen LogP contribution in [0.4, 0.5) is 0 Å². The lowest BCUT2D eigenvalue weighted by Crippen LogP contribution is -2.46. The van der Waals surface area contributed by atoms with E-state index in [1.165, 1.54) is 12.8 Å². The standard InChI is InChI=1S/C10H17N3O/c1(3-12-10-7-14-8-10)2-5-13-6-4-11-9-13/h4,6,9-10,12H,1-3,5,7-8H2. The average Bonchev–Trinajstić information content (AvgIpc) is 2.60. The van der Waals surface area contributed by atoms with Crippen LogP contribution in [0.5, 0.6) is 0 Å². The van der Waals surface area contributed by atoms with Crippen molar-refractivity contribution in [3.8, 4) is 0 Å².